The Bertz CT molecular complexity index is 582. The van der Waals surface area contributed by atoms with Crippen molar-refractivity contribution in [1.82, 2.24) is 10.1 Å². The zero-order chi connectivity index (χ0) is 13.4. The van der Waals surface area contributed by atoms with Crippen LogP contribution in [0.15, 0.2) is 28.8 Å². The number of benzene rings is 1. The maximum Gasteiger partial charge on any atom is 0.249 e. The fourth-order valence-electron chi connectivity index (χ4n) is 2.60. The van der Waals surface area contributed by atoms with Gasteiger partial charge in [0, 0.05) is 12.1 Å². The molecule has 2 aromatic rings. The molecule has 6 nitrogen and oxygen atoms in total. The van der Waals surface area contributed by atoms with E-state index in [1.165, 1.54) is 5.56 Å². The summed E-state index contributed by atoms with van der Waals surface area (Å²) in [4.78, 5) is 4.45. The van der Waals surface area contributed by atoms with E-state index in [0.717, 1.165) is 12.1 Å². The first kappa shape index (κ1) is 11.9. The molecule has 2 atom stereocenters. The van der Waals surface area contributed by atoms with Crippen LogP contribution in [-0.4, -0.2) is 30.0 Å². The number of anilines is 1. The number of hydrogen-bond acceptors (Lipinski definition) is 6. The number of nitrogens with zero attached hydrogens (tertiary/aromatic N) is 2. The van der Waals surface area contributed by atoms with Gasteiger partial charge in [0.1, 0.15) is 12.1 Å². The van der Waals surface area contributed by atoms with E-state index in [2.05, 4.69) is 27.6 Å². The fraction of sp³-hybridized carbons (Fsp3) is 0.429. The van der Waals surface area contributed by atoms with Gasteiger partial charge in [0.25, 0.3) is 0 Å². The van der Waals surface area contributed by atoms with Crippen LogP contribution >= 0.6 is 0 Å². The molecule has 3 heterocycles. The van der Waals surface area contributed by atoms with E-state index in [-0.39, 0.29) is 12.1 Å². The minimum absolute atomic E-state index is 0.0400. The van der Waals surface area contributed by atoms with Gasteiger partial charge in [-0.1, -0.05) is 23.4 Å². The number of para-hydroxylation sites is 1. The lowest BCUT2D eigenvalue weighted by molar-refractivity contribution is -0.0941. The summed E-state index contributed by atoms with van der Waals surface area (Å²) in [6, 6.07) is 8.26. The van der Waals surface area contributed by atoms with Crippen LogP contribution in [0.2, 0.25) is 0 Å². The Balaban J connectivity index is 1.52. The molecule has 0 saturated carbocycles. The van der Waals surface area contributed by atoms with Crippen LogP contribution < -0.4 is 5.32 Å². The van der Waals surface area contributed by atoms with Gasteiger partial charge in [0.2, 0.25) is 11.7 Å². The number of aromatic nitrogens is 2. The van der Waals surface area contributed by atoms with Crippen molar-refractivity contribution >= 4 is 5.69 Å². The Labute approximate surface area is 116 Å². The first-order chi connectivity index (χ1) is 9.90. The Morgan fingerprint density at radius 2 is 2.15 bits per heavy atom. The normalized spacial score (nSPS) is 25.2. The monoisotopic (exact) mass is 273 g/mol. The highest BCUT2D eigenvalue weighted by atomic mass is 16.6. The van der Waals surface area contributed by atoms with Crippen molar-refractivity contribution in [3.8, 4) is 0 Å². The molecule has 104 valence electrons. The minimum atomic E-state index is -0.218. The van der Waals surface area contributed by atoms with Crippen molar-refractivity contribution in [1.29, 1.82) is 0 Å². The summed E-state index contributed by atoms with van der Waals surface area (Å²) in [5.74, 6) is 1.17. The molecule has 1 N–H and O–H groups in total. The molecule has 0 aliphatic carbocycles. The zero-order valence-electron chi connectivity index (χ0n) is 10.9. The molecule has 6 heteroatoms. The molecule has 1 saturated heterocycles. The Morgan fingerprint density at radius 3 is 3.00 bits per heavy atom. The van der Waals surface area contributed by atoms with E-state index >= 15 is 0 Å². The molecular weight excluding hydrogens is 258 g/mol. The molecule has 20 heavy (non-hydrogen) atoms. The third-order valence-electron chi connectivity index (χ3n) is 3.63. The van der Waals surface area contributed by atoms with Crippen LogP contribution in [0.25, 0.3) is 0 Å². The average molecular weight is 273 g/mol. The van der Waals surface area contributed by atoms with E-state index in [0.29, 0.717) is 31.5 Å². The summed E-state index contributed by atoms with van der Waals surface area (Å²) in [7, 11) is 0. The van der Waals surface area contributed by atoms with E-state index in [1.54, 1.807) is 0 Å². The quantitative estimate of drug-likeness (QED) is 0.900. The predicted octanol–water partition coefficient (Wildman–Crippen LogP) is 1.87. The van der Waals surface area contributed by atoms with E-state index in [1.807, 2.05) is 12.1 Å². The Kier molecular flexibility index (Phi) is 2.90. The summed E-state index contributed by atoms with van der Waals surface area (Å²) < 4.78 is 16.3. The highest BCUT2D eigenvalue weighted by molar-refractivity contribution is 5.56. The van der Waals surface area contributed by atoms with Gasteiger partial charge in [-0.15, -0.1) is 0 Å². The summed E-state index contributed by atoms with van der Waals surface area (Å²) in [6.45, 7) is 1.68. The van der Waals surface area contributed by atoms with Crippen molar-refractivity contribution in [2.24, 2.45) is 0 Å². The van der Waals surface area contributed by atoms with Gasteiger partial charge in [-0.05, 0) is 11.6 Å². The van der Waals surface area contributed by atoms with Crippen molar-refractivity contribution in [3.05, 3.63) is 41.5 Å². The van der Waals surface area contributed by atoms with Crippen LogP contribution in [0.5, 0.6) is 0 Å². The van der Waals surface area contributed by atoms with Crippen molar-refractivity contribution in [2.75, 3.05) is 25.1 Å². The first-order valence-corrected chi connectivity index (χ1v) is 6.77. The minimum Gasteiger partial charge on any atom is -0.376 e. The van der Waals surface area contributed by atoms with Gasteiger partial charge < -0.3 is 19.3 Å². The van der Waals surface area contributed by atoms with Gasteiger partial charge in [-0.25, -0.2) is 0 Å². The third-order valence-corrected chi connectivity index (χ3v) is 3.63. The standard InChI is InChI=1S/C14H15N3O3/c1-2-4-10-9(3-1)7-11(15-10)14-16-13(17-20-14)12-8-18-5-6-19-12/h1-4,11-12,15H,5-8H2. The molecule has 0 bridgehead atoms. The average Bonchev–Trinajstić information content (AvgIpc) is 3.14. The zero-order valence-corrected chi connectivity index (χ0v) is 10.9. The molecule has 2 aliphatic rings. The highest BCUT2D eigenvalue weighted by Crippen LogP contribution is 2.33. The second kappa shape index (κ2) is 4.88. The predicted molar refractivity (Wildman–Crippen MR) is 70.3 cm³/mol. The molecule has 0 spiro atoms. The number of ether oxygens (including phenoxy) is 2. The smallest absolute Gasteiger partial charge is 0.249 e. The number of rotatable bonds is 2. The highest BCUT2D eigenvalue weighted by Gasteiger charge is 2.29. The summed E-state index contributed by atoms with van der Waals surface area (Å²) in [6.07, 6.45) is 0.643. The van der Waals surface area contributed by atoms with Crippen LogP contribution in [-0.2, 0) is 15.9 Å². The second-order valence-electron chi connectivity index (χ2n) is 4.98. The maximum atomic E-state index is 5.57. The maximum absolute atomic E-state index is 5.57. The summed E-state index contributed by atoms with van der Waals surface area (Å²) in [5, 5.41) is 7.41. The van der Waals surface area contributed by atoms with Crippen LogP contribution in [0.4, 0.5) is 5.69 Å². The van der Waals surface area contributed by atoms with E-state index in [4.69, 9.17) is 14.0 Å². The van der Waals surface area contributed by atoms with Gasteiger partial charge in [0.15, 0.2) is 0 Å². The Hall–Kier alpha value is -1.92. The SMILES string of the molecule is c1ccc2c(c1)CC(c1nc(C3COCCO3)no1)N2. The first-order valence-electron chi connectivity index (χ1n) is 6.77. The molecule has 0 amide bonds. The largest absolute Gasteiger partial charge is 0.376 e. The molecule has 1 fully saturated rings. The van der Waals surface area contributed by atoms with Gasteiger partial charge >= 0.3 is 0 Å². The molecular formula is C14H15N3O3. The summed E-state index contributed by atoms with van der Waals surface area (Å²) in [5.41, 5.74) is 2.41. The molecule has 2 unspecified atom stereocenters. The molecule has 0 radical (unpaired) electrons. The lowest BCUT2D eigenvalue weighted by atomic mass is 10.1. The number of hydrogen-bond donors (Lipinski definition) is 1. The topological polar surface area (TPSA) is 69.4 Å². The van der Waals surface area contributed by atoms with Crippen LogP contribution in [0.1, 0.15) is 29.4 Å². The third kappa shape index (κ3) is 2.07. The van der Waals surface area contributed by atoms with Crippen molar-refractivity contribution < 1.29 is 14.0 Å². The molecule has 1 aromatic heterocycles. The van der Waals surface area contributed by atoms with E-state index < -0.39 is 0 Å². The molecule has 2 aliphatic heterocycles. The lowest BCUT2D eigenvalue weighted by Crippen LogP contribution is -2.22. The number of fused-ring (bicyclic) bond motifs is 1. The number of nitrogens with one attached hydrogen (secondary N) is 1. The van der Waals surface area contributed by atoms with Gasteiger partial charge in [-0.2, -0.15) is 4.98 Å². The fourth-order valence-corrected chi connectivity index (χ4v) is 2.60. The van der Waals surface area contributed by atoms with Gasteiger partial charge in [-0.3, -0.25) is 0 Å². The second-order valence-corrected chi connectivity index (χ2v) is 4.98. The molecule has 4 rings (SSSR count). The lowest BCUT2D eigenvalue weighted by Gasteiger charge is -2.19. The van der Waals surface area contributed by atoms with E-state index in [9.17, 15) is 0 Å². The molecule has 1 aromatic carbocycles. The van der Waals surface area contributed by atoms with Crippen LogP contribution in [0, 0.1) is 0 Å². The van der Waals surface area contributed by atoms with Crippen molar-refractivity contribution in [3.63, 3.8) is 0 Å². The van der Waals surface area contributed by atoms with Crippen molar-refractivity contribution in [2.45, 2.75) is 18.6 Å². The van der Waals surface area contributed by atoms with Gasteiger partial charge in [0.05, 0.1) is 19.8 Å². The van der Waals surface area contributed by atoms with Crippen LogP contribution in [0.3, 0.4) is 0 Å². The summed E-state index contributed by atoms with van der Waals surface area (Å²) >= 11 is 0. The Morgan fingerprint density at radius 1 is 1.20 bits per heavy atom.